The number of rotatable bonds is 7. The Kier molecular flexibility index (Phi) is 8.00. The molecule has 1 heterocycles. The zero-order valence-electron chi connectivity index (χ0n) is 15.6. The molecule has 0 aliphatic carbocycles. The van der Waals surface area contributed by atoms with E-state index in [0.717, 1.165) is 11.1 Å². The molecule has 0 saturated carbocycles. The third-order valence-electron chi connectivity index (χ3n) is 4.65. The second kappa shape index (κ2) is 10.0. The SMILES string of the molecule is Cl.NCCCN(Cc1ccccc1)S(=O)(=O)c1ccc2c(c1)CCCC(=O)N2. The molecule has 0 atom stereocenters. The first-order chi connectivity index (χ1) is 13.0. The minimum Gasteiger partial charge on any atom is -0.330 e. The van der Waals surface area contributed by atoms with E-state index in [0.29, 0.717) is 51.0 Å². The number of amides is 1. The fourth-order valence-electron chi connectivity index (χ4n) is 3.20. The Morgan fingerprint density at radius 3 is 2.54 bits per heavy atom. The number of fused-ring (bicyclic) bond motifs is 1. The molecule has 2 aromatic rings. The van der Waals surface area contributed by atoms with Gasteiger partial charge in [0.25, 0.3) is 0 Å². The van der Waals surface area contributed by atoms with Crippen molar-refractivity contribution in [3.8, 4) is 0 Å². The number of nitrogens with two attached hydrogens (primary N) is 1. The second-order valence-electron chi connectivity index (χ2n) is 6.69. The van der Waals surface area contributed by atoms with Gasteiger partial charge >= 0.3 is 0 Å². The predicted octanol–water partition coefficient (Wildman–Crippen LogP) is 2.92. The van der Waals surface area contributed by atoms with Crippen molar-refractivity contribution in [1.29, 1.82) is 0 Å². The van der Waals surface area contributed by atoms with Crippen LogP contribution < -0.4 is 11.1 Å². The van der Waals surface area contributed by atoms with Gasteiger partial charge in [-0.05, 0) is 55.1 Å². The molecule has 8 heteroatoms. The topological polar surface area (TPSA) is 92.5 Å². The van der Waals surface area contributed by atoms with E-state index in [-0.39, 0.29) is 23.2 Å². The monoisotopic (exact) mass is 423 g/mol. The van der Waals surface area contributed by atoms with Crippen LogP contribution in [0.5, 0.6) is 0 Å². The Morgan fingerprint density at radius 1 is 1.07 bits per heavy atom. The molecule has 0 unspecified atom stereocenters. The van der Waals surface area contributed by atoms with Gasteiger partial charge in [0, 0.05) is 25.2 Å². The van der Waals surface area contributed by atoms with Gasteiger partial charge in [-0.2, -0.15) is 4.31 Å². The Morgan fingerprint density at radius 2 is 1.82 bits per heavy atom. The maximum Gasteiger partial charge on any atom is 0.243 e. The Hall–Kier alpha value is -1.93. The summed E-state index contributed by atoms with van der Waals surface area (Å²) in [5.41, 5.74) is 8.11. The van der Waals surface area contributed by atoms with Gasteiger partial charge < -0.3 is 11.1 Å². The summed E-state index contributed by atoms with van der Waals surface area (Å²) >= 11 is 0. The number of carbonyl (C=O) groups excluding carboxylic acids is 1. The summed E-state index contributed by atoms with van der Waals surface area (Å²) in [6.07, 6.45) is 2.43. The number of anilines is 1. The van der Waals surface area contributed by atoms with E-state index in [4.69, 9.17) is 5.73 Å². The summed E-state index contributed by atoms with van der Waals surface area (Å²) in [4.78, 5) is 12.0. The first kappa shape index (κ1) is 22.4. The van der Waals surface area contributed by atoms with Crippen molar-refractivity contribution in [1.82, 2.24) is 4.31 Å². The second-order valence-corrected chi connectivity index (χ2v) is 8.63. The molecule has 3 rings (SSSR count). The minimum atomic E-state index is -3.67. The molecule has 2 aromatic carbocycles. The highest BCUT2D eigenvalue weighted by molar-refractivity contribution is 7.89. The standard InChI is InChI=1S/C20H25N3O3S.ClH/c21-12-5-13-23(15-16-6-2-1-3-7-16)27(25,26)18-10-11-19-17(14-18)8-4-9-20(24)22-19;/h1-3,6-7,10-11,14H,4-5,8-9,12-13,15,21H2,(H,22,24);1H. The van der Waals surface area contributed by atoms with Crippen LogP contribution in [0.4, 0.5) is 5.69 Å². The van der Waals surface area contributed by atoms with E-state index in [2.05, 4.69) is 5.32 Å². The van der Waals surface area contributed by atoms with Crippen molar-refractivity contribution >= 4 is 34.0 Å². The molecule has 152 valence electrons. The molecule has 6 nitrogen and oxygen atoms in total. The molecule has 0 fully saturated rings. The van der Waals surface area contributed by atoms with Crippen LogP contribution in [0.15, 0.2) is 53.4 Å². The first-order valence-electron chi connectivity index (χ1n) is 9.17. The average Bonchev–Trinajstić information content (AvgIpc) is 2.85. The van der Waals surface area contributed by atoms with Gasteiger partial charge in [0.1, 0.15) is 0 Å². The fourth-order valence-corrected chi connectivity index (χ4v) is 4.72. The average molecular weight is 424 g/mol. The Labute approximate surface area is 172 Å². The van der Waals surface area contributed by atoms with Crippen molar-refractivity contribution in [3.05, 3.63) is 59.7 Å². The maximum absolute atomic E-state index is 13.3. The van der Waals surface area contributed by atoms with Crippen molar-refractivity contribution in [2.75, 3.05) is 18.4 Å². The van der Waals surface area contributed by atoms with Crippen molar-refractivity contribution in [3.63, 3.8) is 0 Å². The van der Waals surface area contributed by atoms with Gasteiger partial charge in [-0.15, -0.1) is 12.4 Å². The third kappa shape index (κ3) is 5.32. The number of sulfonamides is 1. The molecule has 0 radical (unpaired) electrons. The molecule has 0 spiro atoms. The summed E-state index contributed by atoms with van der Waals surface area (Å²) in [6, 6.07) is 14.5. The Balaban J connectivity index is 0.00000280. The van der Waals surface area contributed by atoms with Gasteiger partial charge in [-0.25, -0.2) is 8.42 Å². The largest absolute Gasteiger partial charge is 0.330 e. The van der Waals surface area contributed by atoms with Gasteiger partial charge in [0.2, 0.25) is 15.9 Å². The minimum absolute atomic E-state index is 0. The first-order valence-corrected chi connectivity index (χ1v) is 10.6. The number of benzene rings is 2. The lowest BCUT2D eigenvalue weighted by Crippen LogP contribution is -2.32. The van der Waals surface area contributed by atoms with Crippen LogP contribution in [-0.2, 0) is 27.8 Å². The van der Waals surface area contributed by atoms with Crippen LogP contribution in [0.3, 0.4) is 0 Å². The number of carbonyl (C=O) groups is 1. The molecule has 1 aliphatic rings. The van der Waals surface area contributed by atoms with Crippen LogP contribution in [0, 0.1) is 0 Å². The molecule has 0 saturated heterocycles. The molecule has 28 heavy (non-hydrogen) atoms. The van der Waals surface area contributed by atoms with Crippen LogP contribution in [0.25, 0.3) is 0 Å². The summed E-state index contributed by atoms with van der Waals surface area (Å²) < 4.78 is 28.0. The van der Waals surface area contributed by atoms with E-state index in [9.17, 15) is 13.2 Å². The van der Waals surface area contributed by atoms with Gasteiger partial charge in [-0.1, -0.05) is 30.3 Å². The summed E-state index contributed by atoms with van der Waals surface area (Å²) in [5.74, 6) is -0.0296. The van der Waals surface area contributed by atoms with Crippen LogP contribution in [0.1, 0.15) is 30.4 Å². The van der Waals surface area contributed by atoms with E-state index in [1.807, 2.05) is 30.3 Å². The van der Waals surface area contributed by atoms with E-state index in [1.54, 1.807) is 18.2 Å². The number of hydrogen-bond donors (Lipinski definition) is 2. The van der Waals surface area contributed by atoms with Crippen molar-refractivity contribution < 1.29 is 13.2 Å². The maximum atomic E-state index is 13.3. The lowest BCUT2D eigenvalue weighted by molar-refractivity contribution is -0.116. The predicted molar refractivity (Wildman–Crippen MR) is 113 cm³/mol. The molecular weight excluding hydrogens is 398 g/mol. The van der Waals surface area contributed by atoms with Gasteiger partial charge in [0.05, 0.1) is 4.90 Å². The number of aryl methyl sites for hydroxylation is 1. The lowest BCUT2D eigenvalue weighted by Gasteiger charge is -2.23. The zero-order valence-corrected chi connectivity index (χ0v) is 17.3. The highest BCUT2D eigenvalue weighted by atomic mass is 35.5. The highest BCUT2D eigenvalue weighted by Crippen LogP contribution is 2.27. The van der Waals surface area contributed by atoms with Gasteiger partial charge in [0.15, 0.2) is 0 Å². The molecule has 1 amide bonds. The normalized spacial score (nSPS) is 14.0. The number of halogens is 1. The van der Waals surface area contributed by atoms with E-state index < -0.39 is 10.0 Å². The lowest BCUT2D eigenvalue weighted by atomic mass is 10.1. The quantitative estimate of drug-likeness (QED) is 0.716. The smallest absolute Gasteiger partial charge is 0.243 e. The molecular formula is C20H26ClN3O3S. The Bertz CT molecular complexity index is 904. The van der Waals surface area contributed by atoms with E-state index in [1.165, 1.54) is 4.31 Å². The van der Waals surface area contributed by atoms with Crippen LogP contribution in [-0.4, -0.2) is 31.7 Å². The van der Waals surface area contributed by atoms with Gasteiger partial charge in [-0.3, -0.25) is 4.79 Å². The fraction of sp³-hybridized carbons (Fsp3) is 0.350. The number of nitrogens with zero attached hydrogens (tertiary/aromatic N) is 1. The highest BCUT2D eigenvalue weighted by Gasteiger charge is 2.26. The summed E-state index contributed by atoms with van der Waals surface area (Å²) in [6.45, 7) is 1.09. The molecule has 3 N–H and O–H groups in total. The summed E-state index contributed by atoms with van der Waals surface area (Å²) in [7, 11) is -3.67. The molecule has 0 aromatic heterocycles. The third-order valence-corrected chi connectivity index (χ3v) is 6.49. The van der Waals surface area contributed by atoms with Crippen LogP contribution >= 0.6 is 12.4 Å². The summed E-state index contributed by atoms with van der Waals surface area (Å²) in [5, 5.41) is 2.84. The van der Waals surface area contributed by atoms with E-state index >= 15 is 0 Å². The number of nitrogens with one attached hydrogen (secondary N) is 1. The molecule has 1 aliphatic heterocycles. The molecule has 0 bridgehead atoms. The van der Waals surface area contributed by atoms with Crippen molar-refractivity contribution in [2.24, 2.45) is 5.73 Å². The zero-order chi connectivity index (χ0) is 19.3. The van der Waals surface area contributed by atoms with Crippen molar-refractivity contribution in [2.45, 2.75) is 37.1 Å². The van der Waals surface area contributed by atoms with Crippen LogP contribution in [0.2, 0.25) is 0 Å². The number of hydrogen-bond acceptors (Lipinski definition) is 4.